The summed E-state index contributed by atoms with van der Waals surface area (Å²) in [7, 11) is 0. The van der Waals surface area contributed by atoms with E-state index in [0.717, 1.165) is 127 Å². The predicted molar refractivity (Wildman–Crippen MR) is 464 cm³/mol. The first kappa shape index (κ1) is 83.1. The van der Waals surface area contributed by atoms with E-state index in [4.69, 9.17) is 116 Å². The minimum atomic E-state index is -0.207. The van der Waals surface area contributed by atoms with E-state index in [9.17, 15) is 19.2 Å². The Bertz CT molecular complexity index is 4480. The lowest BCUT2D eigenvalue weighted by Gasteiger charge is -2.43. The van der Waals surface area contributed by atoms with Crippen molar-refractivity contribution in [3.8, 4) is 22.7 Å². The molecule has 4 spiro atoms. The Hall–Kier alpha value is -6.88. The molecule has 600 valence electrons. The van der Waals surface area contributed by atoms with Gasteiger partial charge in [0.1, 0.15) is 23.3 Å². The molecule has 20 nitrogen and oxygen atoms in total. The normalized spacial score (nSPS) is 21.4. The average molecular weight is 1690 g/mol. The van der Waals surface area contributed by atoms with Crippen molar-refractivity contribution in [2.24, 2.45) is 45.3 Å². The summed E-state index contributed by atoms with van der Waals surface area (Å²) in [6.45, 7) is 24.1. The molecule has 0 unspecified atom stereocenters. The van der Waals surface area contributed by atoms with E-state index >= 15 is 0 Å². The van der Waals surface area contributed by atoms with Crippen molar-refractivity contribution in [1.29, 1.82) is 0 Å². The fraction of sp³-hybridized carbons (Fsp3) is 0.524. The third kappa shape index (κ3) is 15.8. The van der Waals surface area contributed by atoms with Gasteiger partial charge < -0.3 is 42.5 Å². The molecule has 28 heteroatoms. The van der Waals surface area contributed by atoms with E-state index in [0.29, 0.717) is 130 Å². The van der Waals surface area contributed by atoms with Crippen molar-refractivity contribution in [3.63, 3.8) is 0 Å². The van der Waals surface area contributed by atoms with Gasteiger partial charge in [-0.3, -0.25) is 19.2 Å². The Morgan fingerprint density at radius 1 is 0.304 bits per heavy atom. The Morgan fingerprint density at radius 3 is 0.643 bits per heavy atom. The molecule has 8 heterocycles. The van der Waals surface area contributed by atoms with Gasteiger partial charge in [-0.05, 0) is 199 Å². The first-order valence-electron chi connectivity index (χ1n) is 39.7. The summed E-state index contributed by atoms with van der Waals surface area (Å²) in [6, 6.07) is 20.6. The van der Waals surface area contributed by atoms with Crippen molar-refractivity contribution in [3.05, 3.63) is 177 Å². The van der Waals surface area contributed by atoms with Crippen LogP contribution in [0.4, 0.5) is 47.1 Å². The first-order chi connectivity index (χ1) is 53.4. The number of benzene rings is 4. The second kappa shape index (κ2) is 33.8. The van der Waals surface area contributed by atoms with Crippen LogP contribution in [-0.4, -0.2) is 90.6 Å². The van der Waals surface area contributed by atoms with Gasteiger partial charge in [0.2, 0.25) is 23.8 Å². The molecule has 4 atom stereocenters. The molecule has 4 aliphatic carbocycles. The van der Waals surface area contributed by atoms with E-state index in [1.807, 2.05) is 27.7 Å². The van der Waals surface area contributed by atoms with Crippen LogP contribution < -0.4 is 64.8 Å². The second-order valence-corrected chi connectivity index (χ2v) is 36.2. The van der Waals surface area contributed by atoms with Gasteiger partial charge in [0.05, 0.1) is 85.2 Å². The van der Waals surface area contributed by atoms with Gasteiger partial charge in [-0.15, -0.1) is 0 Å². The van der Waals surface area contributed by atoms with Crippen LogP contribution in [0, 0.1) is 73.0 Å². The lowest BCUT2D eigenvalue weighted by Crippen LogP contribution is -2.43. The molecular formula is C84H104Cl8N16O4. The molecule has 4 saturated carbocycles. The molecule has 8 fully saturated rings. The average Bonchev–Trinajstić information content (AvgIpc) is 1.28. The molecule has 4 aromatic heterocycles. The van der Waals surface area contributed by atoms with E-state index in [1.54, 1.807) is 72.8 Å². The summed E-state index contributed by atoms with van der Waals surface area (Å²) in [5, 5.41) is 2.67. The van der Waals surface area contributed by atoms with Crippen LogP contribution in [0.2, 0.25) is 40.2 Å². The zero-order chi connectivity index (χ0) is 80.2. The van der Waals surface area contributed by atoms with Crippen molar-refractivity contribution in [1.82, 2.24) is 38.2 Å². The zero-order valence-corrected chi connectivity index (χ0v) is 71.4. The van der Waals surface area contributed by atoms with Crippen LogP contribution >= 0.6 is 92.8 Å². The maximum absolute atomic E-state index is 13.1. The number of hydrogen-bond acceptors (Lipinski definition) is 16. The van der Waals surface area contributed by atoms with E-state index in [-0.39, 0.29) is 46.0 Å². The monoisotopic (exact) mass is 1680 g/mol. The lowest BCUT2D eigenvalue weighted by molar-refractivity contribution is 0.161. The maximum Gasteiger partial charge on any atom is 0.264 e. The number of piperidine rings is 4. The largest absolute Gasteiger partial charge is 0.369 e. The molecule has 8 aliphatic rings. The van der Waals surface area contributed by atoms with E-state index in [1.165, 1.54) is 95.3 Å². The fourth-order valence-electron chi connectivity index (χ4n) is 20.1. The van der Waals surface area contributed by atoms with Crippen LogP contribution in [0.15, 0.2) is 92.0 Å². The number of nitrogen functional groups attached to an aromatic ring is 4. The van der Waals surface area contributed by atoms with E-state index in [2.05, 4.69) is 67.2 Å². The van der Waals surface area contributed by atoms with Crippen LogP contribution in [0.25, 0.3) is 22.7 Å². The number of hydrogen-bond donors (Lipinski definition) is 4. The molecule has 16 rings (SSSR count). The molecule has 112 heavy (non-hydrogen) atoms. The fourth-order valence-corrected chi connectivity index (χ4v) is 21.7. The zero-order valence-electron chi connectivity index (χ0n) is 65.4. The number of nitrogens with two attached hydrogens (primary N) is 4. The number of nitrogens with zero attached hydrogens (tertiary/aromatic N) is 12. The molecule has 4 aromatic carbocycles. The van der Waals surface area contributed by atoms with Gasteiger partial charge in [-0.25, -0.2) is 18.3 Å². The third-order valence-electron chi connectivity index (χ3n) is 27.6. The molecule has 0 bridgehead atoms. The predicted octanol–water partition coefficient (Wildman–Crippen LogP) is 19.3. The third-order valence-corrected chi connectivity index (χ3v) is 30.8. The topological polar surface area (TPSA) is 257 Å². The lowest BCUT2D eigenvalue weighted by atomic mass is 9.71. The SMILES string of the molecule is Cc1c(N2CCC3(CCC[C@@H]3C)CC2)nc(N)n(-c2cccc(Cl)c2Cl)c1=O.Cc1c(N2CCC3(CCC[C@@H]3C)CC2)nc(N)n(-c2cccc(Cl)c2Cl)c1=O.Cc1c(N2CCC3(CCC[C@H]3C)CC2)nc(N)n(-c2cccc(Cl)c2Cl)c1=O.Cc1c(N2CCC3(CCC[C@H]3C)CC2)nc(N)n(-c2cccc(Cl)c2Cl)c1=O. The molecule has 0 radical (unpaired) electrons. The van der Waals surface area contributed by atoms with Gasteiger partial charge in [0.25, 0.3) is 22.2 Å². The highest BCUT2D eigenvalue weighted by molar-refractivity contribution is 6.44. The summed E-state index contributed by atoms with van der Waals surface area (Å²) in [5.74, 6) is 6.42. The molecule has 0 amide bonds. The highest BCUT2D eigenvalue weighted by Gasteiger charge is 2.47. The molecule has 8 aromatic rings. The summed E-state index contributed by atoms with van der Waals surface area (Å²) in [6.07, 6.45) is 25.2. The molecule has 4 aliphatic heterocycles. The Balaban J connectivity index is 0.000000131. The minimum absolute atomic E-state index is 0.129. The van der Waals surface area contributed by atoms with Crippen LogP contribution in [0.5, 0.6) is 0 Å². The highest BCUT2D eigenvalue weighted by atomic mass is 35.5. The minimum Gasteiger partial charge on any atom is -0.369 e. The van der Waals surface area contributed by atoms with Crippen molar-refractivity contribution < 1.29 is 0 Å². The summed E-state index contributed by atoms with van der Waals surface area (Å²) in [4.78, 5) is 79.8. The van der Waals surface area contributed by atoms with Gasteiger partial charge in [-0.1, -0.05) is 196 Å². The van der Waals surface area contributed by atoms with Gasteiger partial charge >= 0.3 is 0 Å². The van der Waals surface area contributed by atoms with Crippen molar-refractivity contribution >= 4 is 140 Å². The molecular weight excluding hydrogens is 1580 g/mol. The molecule has 8 N–H and O–H groups in total. The van der Waals surface area contributed by atoms with Crippen LogP contribution in [0.1, 0.15) is 178 Å². The Labute approximate surface area is 696 Å². The summed E-state index contributed by atoms with van der Waals surface area (Å²) >= 11 is 49.7. The highest BCUT2D eigenvalue weighted by Crippen LogP contribution is 2.55. The van der Waals surface area contributed by atoms with Crippen LogP contribution in [-0.2, 0) is 0 Å². The van der Waals surface area contributed by atoms with E-state index < -0.39 is 0 Å². The van der Waals surface area contributed by atoms with Gasteiger partial charge in [-0.2, -0.15) is 19.9 Å². The number of aromatic nitrogens is 8. The smallest absolute Gasteiger partial charge is 0.264 e. The number of anilines is 8. The maximum atomic E-state index is 13.1. The van der Waals surface area contributed by atoms with Crippen molar-refractivity contribution in [2.75, 3.05) is 94.9 Å². The van der Waals surface area contributed by atoms with Gasteiger partial charge in [0, 0.05) is 52.4 Å². The second-order valence-electron chi connectivity index (χ2n) is 33.1. The number of rotatable bonds is 8. The van der Waals surface area contributed by atoms with Crippen molar-refractivity contribution in [2.45, 2.75) is 184 Å². The summed E-state index contributed by atoms with van der Waals surface area (Å²) in [5.41, 5.74) is 30.1. The van der Waals surface area contributed by atoms with Gasteiger partial charge in [0.15, 0.2) is 0 Å². The summed E-state index contributed by atoms with van der Waals surface area (Å²) < 4.78 is 5.38. The number of halogens is 8. The molecule has 4 saturated heterocycles. The quantitative estimate of drug-likeness (QED) is 0.110. The Kier molecular flexibility index (Phi) is 25.0. The first-order valence-corrected chi connectivity index (χ1v) is 42.7. The van der Waals surface area contributed by atoms with Crippen LogP contribution in [0.3, 0.4) is 0 Å². The Morgan fingerprint density at radius 2 is 0.482 bits per heavy atom. The standard InChI is InChI=1S/4C21H26Cl2N4O/c4*1-13-5-4-8-21(13)9-11-26(12-10-21)18-14(2)19(28)27(20(24)25-18)16-7-3-6-15(22)17(16)23/h4*3,6-7,13H,4-5,8-12H2,1-2H3,(H2,24,25)/t4*13-/m1100/s1.